The van der Waals surface area contributed by atoms with E-state index in [-0.39, 0.29) is 12.1 Å². The smallest absolute Gasteiger partial charge is 0.317 e. The van der Waals surface area contributed by atoms with Gasteiger partial charge >= 0.3 is 6.03 Å². The second kappa shape index (κ2) is 5.14. The van der Waals surface area contributed by atoms with E-state index < -0.39 is 0 Å². The zero-order valence-corrected chi connectivity index (χ0v) is 12.0. The van der Waals surface area contributed by atoms with Crippen LogP contribution in [0.4, 0.5) is 10.7 Å². The van der Waals surface area contributed by atoms with Crippen LogP contribution in [0.5, 0.6) is 0 Å². The molecule has 21 heavy (non-hydrogen) atoms. The molecule has 3 heterocycles. The average Bonchev–Trinajstić information content (AvgIpc) is 3.29. The highest BCUT2D eigenvalue weighted by Crippen LogP contribution is 2.20. The van der Waals surface area contributed by atoms with Crippen molar-refractivity contribution in [3.8, 4) is 0 Å². The molecule has 2 aliphatic heterocycles. The van der Waals surface area contributed by atoms with Gasteiger partial charge in [-0.05, 0) is 12.8 Å². The van der Waals surface area contributed by atoms with Crippen molar-refractivity contribution < 1.29 is 4.79 Å². The standard InChI is InChI=1S/C14H20N6O/c21-14-18-8-12-9-19(3-4-20(12)14)13-16-6-10(7-17-13)5-15-11-1-2-11/h6-7,11-12,15H,1-5,8-9H2,(H,18,21). The Morgan fingerprint density at radius 3 is 2.86 bits per heavy atom. The summed E-state index contributed by atoms with van der Waals surface area (Å²) in [6.07, 6.45) is 6.39. The van der Waals surface area contributed by atoms with Crippen LogP contribution in [0.25, 0.3) is 0 Å². The molecule has 0 aromatic carbocycles. The molecule has 1 aliphatic carbocycles. The molecule has 0 bridgehead atoms. The van der Waals surface area contributed by atoms with Crippen LogP contribution in [0.3, 0.4) is 0 Å². The van der Waals surface area contributed by atoms with Gasteiger partial charge in [0, 0.05) is 56.7 Å². The Kier molecular flexibility index (Phi) is 3.14. The van der Waals surface area contributed by atoms with Crippen LogP contribution in [0.1, 0.15) is 18.4 Å². The van der Waals surface area contributed by atoms with Crippen molar-refractivity contribution in [1.82, 2.24) is 25.5 Å². The predicted octanol–water partition coefficient (Wildman–Crippen LogP) is -0.0576. The normalized spacial score (nSPS) is 25.0. The Morgan fingerprint density at radius 1 is 1.29 bits per heavy atom. The molecule has 1 atom stereocenters. The summed E-state index contributed by atoms with van der Waals surface area (Å²) in [5.74, 6) is 0.768. The van der Waals surface area contributed by atoms with Crippen LogP contribution < -0.4 is 15.5 Å². The zero-order valence-electron chi connectivity index (χ0n) is 12.0. The number of piperazine rings is 1. The number of nitrogens with one attached hydrogen (secondary N) is 2. The lowest BCUT2D eigenvalue weighted by Gasteiger charge is -2.36. The molecule has 3 fully saturated rings. The molecule has 2 amide bonds. The minimum absolute atomic E-state index is 0.0575. The molecule has 7 heteroatoms. The van der Waals surface area contributed by atoms with E-state index in [0.717, 1.165) is 44.2 Å². The molecule has 0 radical (unpaired) electrons. The summed E-state index contributed by atoms with van der Waals surface area (Å²) in [7, 11) is 0. The number of carbonyl (C=O) groups is 1. The third-order valence-electron chi connectivity index (χ3n) is 4.38. The molecule has 1 aromatic rings. The Balaban J connectivity index is 1.38. The number of hydrogen-bond donors (Lipinski definition) is 2. The maximum Gasteiger partial charge on any atom is 0.317 e. The summed E-state index contributed by atoms with van der Waals surface area (Å²) in [6, 6.07) is 0.998. The highest BCUT2D eigenvalue weighted by Gasteiger charge is 2.36. The molecular formula is C14H20N6O. The summed E-state index contributed by atoms with van der Waals surface area (Å²) in [6.45, 7) is 3.91. The van der Waals surface area contributed by atoms with Gasteiger partial charge in [0.05, 0.1) is 6.04 Å². The van der Waals surface area contributed by atoms with E-state index in [0.29, 0.717) is 6.04 Å². The van der Waals surface area contributed by atoms with Gasteiger partial charge in [-0.2, -0.15) is 0 Å². The van der Waals surface area contributed by atoms with Gasteiger partial charge in [-0.15, -0.1) is 0 Å². The fourth-order valence-corrected chi connectivity index (χ4v) is 2.94. The van der Waals surface area contributed by atoms with Crippen molar-refractivity contribution >= 4 is 12.0 Å². The van der Waals surface area contributed by atoms with Crippen LogP contribution in [-0.2, 0) is 6.54 Å². The molecule has 0 spiro atoms. The molecule has 2 N–H and O–H groups in total. The molecule has 2 saturated heterocycles. The highest BCUT2D eigenvalue weighted by atomic mass is 16.2. The van der Waals surface area contributed by atoms with Gasteiger partial charge < -0.3 is 20.4 Å². The maximum atomic E-state index is 11.6. The second-order valence-corrected chi connectivity index (χ2v) is 6.03. The quantitative estimate of drug-likeness (QED) is 0.812. The molecule has 4 rings (SSSR count). The molecule has 1 saturated carbocycles. The van der Waals surface area contributed by atoms with Gasteiger partial charge in [-0.3, -0.25) is 0 Å². The first-order valence-corrected chi connectivity index (χ1v) is 7.63. The van der Waals surface area contributed by atoms with Crippen LogP contribution in [0.2, 0.25) is 0 Å². The van der Waals surface area contributed by atoms with Gasteiger partial charge in [0.1, 0.15) is 0 Å². The third-order valence-corrected chi connectivity index (χ3v) is 4.38. The highest BCUT2D eigenvalue weighted by molar-refractivity contribution is 5.77. The molecule has 112 valence electrons. The summed E-state index contributed by atoms with van der Waals surface area (Å²) in [4.78, 5) is 24.6. The number of anilines is 1. The lowest BCUT2D eigenvalue weighted by atomic mass is 10.2. The fraction of sp³-hybridized carbons (Fsp3) is 0.643. The van der Waals surface area contributed by atoms with E-state index >= 15 is 0 Å². The monoisotopic (exact) mass is 288 g/mol. The van der Waals surface area contributed by atoms with Crippen molar-refractivity contribution in [2.24, 2.45) is 0 Å². The number of hydrogen-bond acceptors (Lipinski definition) is 5. The van der Waals surface area contributed by atoms with Gasteiger partial charge in [0.15, 0.2) is 0 Å². The van der Waals surface area contributed by atoms with E-state index in [4.69, 9.17) is 0 Å². The predicted molar refractivity (Wildman–Crippen MR) is 78.0 cm³/mol. The van der Waals surface area contributed by atoms with Crippen LogP contribution in [0.15, 0.2) is 12.4 Å². The summed E-state index contributed by atoms with van der Waals surface area (Å²) in [5.41, 5.74) is 1.13. The Bertz CT molecular complexity index is 529. The molecule has 7 nitrogen and oxygen atoms in total. The number of fused-ring (bicyclic) bond motifs is 1. The molecular weight excluding hydrogens is 268 g/mol. The lowest BCUT2D eigenvalue weighted by Crippen LogP contribution is -2.52. The van der Waals surface area contributed by atoms with E-state index in [1.54, 1.807) is 0 Å². The summed E-state index contributed by atoms with van der Waals surface area (Å²) < 4.78 is 0. The Labute approximate surface area is 123 Å². The number of aromatic nitrogens is 2. The summed E-state index contributed by atoms with van der Waals surface area (Å²) in [5, 5.41) is 6.35. The molecule has 3 aliphatic rings. The second-order valence-electron chi connectivity index (χ2n) is 6.03. The average molecular weight is 288 g/mol. The Hall–Kier alpha value is -1.89. The van der Waals surface area contributed by atoms with E-state index in [1.165, 1.54) is 12.8 Å². The van der Waals surface area contributed by atoms with Crippen molar-refractivity contribution in [2.75, 3.05) is 31.1 Å². The van der Waals surface area contributed by atoms with Crippen molar-refractivity contribution in [3.05, 3.63) is 18.0 Å². The fourth-order valence-electron chi connectivity index (χ4n) is 2.94. The SMILES string of the molecule is O=C1NCC2CN(c3ncc(CNC4CC4)cn3)CCN12. The van der Waals surface area contributed by atoms with E-state index in [1.807, 2.05) is 17.3 Å². The van der Waals surface area contributed by atoms with E-state index in [9.17, 15) is 4.79 Å². The maximum absolute atomic E-state index is 11.6. The van der Waals surface area contributed by atoms with E-state index in [2.05, 4.69) is 25.5 Å². The first-order valence-electron chi connectivity index (χ1n) is 7.63. The topological polar surface area (TPSA) is 73.4 Å². The van der Waals surface area contributed by atoms with Crippen LogP contribution >= 0.6 is 0 Å². The first-order chi connectivity index (χ1) is 10.3. The largest absolute Gasteiger partial charge is 0.337 e. The number of rotatable bonds is 4. The summed E-state index contributed by atoms with van der Waals surface area (Å²) >= 11 is 0. The van der Waals surface area contributed by atoms with Crippen LogP contribution in [-0.4, -0.2) is 59.2 Å². The van der Waals surface area contributed by atoms with Gasteiger partial charge in [0.25, 0.3) is 0 Å². The van der Waals surface area contributed by atoms with Crippen molar-refractivity contribution in [1.29, 1.82) is 0 Å². The number of carbonyl (C=O) groups excluding carboxylic acids is 1. The van der Waals surface area contributed by atoms with Crippen LogP contribution in [0, 0.1) is 0 Å². The minimum atomic E-state index is 0.0575. The zero-order chi connectivity index (χ0) is 14.2. The van der Waals surface area contributed by atoms with Crippen molar-refractivity contribution in [2.45, 2.75) is 31.5 Å². The van der Waals surface area contributed by atoms with Gasteiger partial charge in [0.2, 0.25) is 5.95 Å². The molecule has 1 aromatic heterocycles. The van der Waals surface area contributed by atoms with Gasteiger partial charge in [-0.1, -0.05) is 0 Å². The molecule has 1 unspecified atom stereocenters. The Morgan fingerprint density at radius 2 is 2.10 bits per heavy atom. The number of amides is 2. The number of urea groups is 1. The first kappa shape index (κ1) is 12.8. The lowest BCUT2D eigenvalue weighted by molar-refractivity contribution is 0.197. The minimum Gasteiger partial charge on any atom is -0.337 e. The van der Waals surface area contributed by atoms with Gasteiger partial charge in [-0.25, -0.2) is 14.8 Å². The van der Waals surface area contributed by atoms with Crippen molar-refractivity contribution in [3.63, 3.8) is 0 Å². The third kappa shape index (κ3) is 2.65. The number of nitrogens with zero attached hydrogens (tertiary/aromatic N) is 4.